The first kappa shape index (κ1) is 12.8. The molecule has 0 bridgehead atoms. The Balaban J connectivity index is 1.73. The second kappa shape index (κ2) is 5.43. The van der Waals surface area contributed by atoms with Crippen LogP contribution < -0.4 is 0 Å². The van der Waals surface area contributed by atoms with Crippen molar-refractivity contribution in [3.05, 3.63) is 34.6 Å². The fraction of sp³-hybridized carbons (Fsp3) is 0.429. The Morgan fingerprint density at radius 2 is 2.37 bits per heavy atom. The van der Waals surface area contributed by atoms with Gasteiger partial charge in [-0.1, -0.05) is 33.2 Å². The van der Waals surface area contributed by atoms with Crippen molar-refractivity contribution in [3.63, 3.8) is 0 Å². The van der Waals surface area contributed by atoms with Gasteiger partial charge in [-0.05, 0) is 38.1 Å². The zero-order valence-electron chi connectivity index (χ0n) is 10.8. The molecular weight excluding hydrogens is 306 g/mol. The molecule has 19 heavy (non-hydrogen) atoms. The van der Waals surface area contributed by atoms with Crippen molar-refractivity contribution in [3.8, 4) is 11.4 Å². The molecule has 100 valence electrons. The maximum absolute atomic E-state index is 5.36. The molecule has 5 heteroatoms. The number of benzene rings is 1. The summed E-state index contributed by atoms with van der Waals surface area (Å²) < 4.78 is 6.38. The summed E-state index contributed by atoms with van der Waals surface area (Å²) in [4.78, 5) is 6.84. The van der Waals surface area contributed by atoms with Crippen molar-refractivity contribution in [1.82, 2.24) is 15.0 Å². The van der Waals surface area contributed by atoms with Crippen molar-refractivity contribution in [2.75, 3.05) is 20.1 Å². The predicted octanol–water partition coefficient (Wildman–Crippen LogP) is 2.99. The molecule has 0 amide bonds. The minimum absolute atomic E-state index is 0.640. The van der Waals surface area contributed by atoms with Gasteiger partial charge < -0.3 is 9.42 Å². The molecule has 2 aromatic rings. The Hall–Kier alpha value is -1.20. The summed E-state index contributed by atoms with van der Waals surface area (Å²) >= 11 is 3.45. The predicted molar refractivity (Wildman–Crippen MR) is 76.7 cm³/mol. The van der Waals surface area contributed by atoms with E-state index in [-0.39, 0.29) is 0 Å². The fourth-order valence-electron chi connectivity index (χ4n) is 2.52. The molecule has 0 saturated carbocycles. The van der Waals surface area contributed by atoms with Crippen LogP contribution >= 0.6 is 15.9 Å². The summed E-state index contributed by atoms with van der Waals surface area (Å²) in [5.74, 6) is 2.05. The molecule has 2 heterocycles. The summed E-state index contributed by atoms with van der Waals surface area (Å²) in [7, 11) is 2.15. The van der Waals surface area contributed by atoms with Crippen LogP contribution in [0.1, 0.15) is 12.3 Å². The van der Waals surface area contributed by atoms with Crippen LogP contribution in [0.4, 0.5) is 0 Å². The number of halogens is 1. The van der Waals surface area contributed by atoms with Crippen LogP contribution in [0.5, 0.6) is 0 Å². The third-order valence-corrected chi connectivity index (χ3v) is 4.00. The van der Waals surface area contributed by atoms with Crippen molar-refractivity contribution in [2.24, 2.45) is 5.92 Å². The molecule has 1 unspecified atom stereocenters. The zero-order valence-corrected chi connectivity index (χ0v) is 12.4. The molecule has 1 aliphatic heterocycles. The normalized spacial score (nSPS) is 20.0. The first-order valence-corrected chi connectivity index (χ1v) is 7.27. The van der Waals surface area contributed by atoms with Crippen LogP contribution in [0.25, 0.3) is 11.4 Å². The molecule has 0 radical (unpaired) electrons. The van der Waals surface area contributed by atoms with Crippen LogP contribution in [0.2, 0.25) is 0 Å². The molecule has 4 nitrogen and oxygen atoms in total. The Labute approximate surface area is 120 Å². The summed E-state index contributed by atoms with van der Waals surface area (Å²) in [6, 6.07) is 7.95. The summed E-state index contributed by atoms with van der Waals surface area (Å²) in [6.07, 6.45) is 2.09. The third-order valence-electron chi connectivity index (χ3n) is 3.50. The summed E-state index contributed by atoms with van der Waals surface area (Å²) in [6.45, 7) is 2.28. The van der Waals surface area contributed by atoms with Gasteiger partial charge in [0.25, 0.3) is 0 Å². The molecule has 1 fully saturated rings. The van der Waals surface area contributed by atoms with E-state index in [1.54, 1.807) is 0 Å². The first-order chi connectivity index (χ1) is 9.20. The van der Waals surface area contributed by atoms with E-state index in [1.165, 1.54) is 6.42 Å². The highest BCUT2D eigenvalue weighted by atomic mass is 79.9. The highest BCUT2D eigenvalue weighted by molar-refractivity contribution is 9.10. The largest absolute Gasteiger partial charge is 0.339 e. The summed E-state index contributed by atoms with van der Waals surface area (Å²) in [5, 5.41) is 4.07. The number of aromatic nitrogens is 2. The van der Waals surface area contributed by atoms with E-state index in [2.05, 4.69) is 38.0 Å². The lowest BCUT2D eigenvalue weighted by Crippen LogP contribution is -2.15. The smallest absolute Gasteiger partial charge is 0.227 e. The SMILES string of the molecule is CN1CCC(Cc2nc(-c3cccc(Br)c3)no2)C1. The van der Waals surface area contributed by atoms with E-state index < -0.39 is 0 Å². The van der Waals surface area contributed by atoms with Gasteiger partial charge in [0.1, 0.15) is 0 Å². The highest BCUT2D eigenvalue weighted by Gasteiger charge is 2.22. The third kappa shape index (κ3) is 3.04. The first-order valence-electron chi connectivity index (χ1n) is 6.48. The van der Waals surface area contributed by atoms with Crippen LogP contribution in [0.15, 0.2) is 33.3 Å². The van der Waals surface area contributed by atoms with E-state index >= 15 is 0 Å². The fourth-order valence-corrected chi connectivity index (χ4v) is 2.92. The molecule has 1 aromatic carbocycles. The van der Waals surface area contributed by atoms with E-state index in [1.807, 2.05) is 24.3 Å². The maximum atomic E-state index is 5.36. The van der Waals surface area contributed by atoms with E-state index in [4.69, 9.17) is 4.52 Å². The van der Waals surface area contributed by atoms with Gasteiger partial charge >= 0.3 is 0 Å². The lowest BCUT2D eigenvalue weighted by Gasteiger charge is -2.06. The highest BCUT2D eigenvalue weighted by Crippen LogP contribution is 2.23. The Morgan fingerprint density at radius 1 is 1.47 bits per heavy atom. The molecule has 1 aromatic heterocycles. The van der Waals surface area contributed by atoms with Crippen molar-refractivity contribution < 1.29 is 4.52 Å². The van der Waals surface area contributed by atoms with Crippen LogP contribution in [-0.2, 0) is 6.42 Å². The lowest BCUT2D eigenvalue weighted by atomic mass is 10.1. The summed E-state index contributed by atoms with van der Waals surface area (Å²) in [5.41, 5.74) is 0.980. The Morgan fingerprint density at radius 3 is 3.11 bits per heavy atom. The Kier molecular flexibility index (Phi) is 3.66. The molecule has 1 atom stereocenters. The monoisotopic (exact) mass is 321 g/mol. The van der Waals surface area contributed by atoms with Gasteiger partial charge in [0.2, 0.25) is 11.7 Å². The quantitative estimate of drug-likeness (QED) is 0.871. The maximum Gasteiger partial charge on any atom is 0.227 e. The Bertz CT molecular complexity index is 569. The van der Waals surface area contributed by atoms with Crippen molar-refractivity contribution in [1.29, 1.82) is 0 Å². The molecule has 3 rings (SSSR count). The van der Waals surface area contributed by atoms with Gasteiger partial charge in [-0.2, -0.15) is 4.98 Å². The number of likely N-dealkylation sites (tertiary alicyclic amines) is 1. The number of rotatable bonds is 3. The zero-order chi connectivity index (χ0) is 13.2. The minimum Gasteiger partial charge on any atom is -0.339 e. The molecule has 0 aliphatic carbocycles. The molecule has 1 saturated heterocycles. The lowest BCUT2D eigenvalue weighted by molar-refractivity contribution is 0.343. The second-order valence-corrected chi connectivity index (χ2v) is 6.06. The van der Waals surface area contributed by atoms with Gasteiger partial charge in [-0.15, -0.1) is 0 Å². The second-order valence-electron chi connectivity index (χ2n) is 5.14. The molecule has 0 spiro atoms. The van der Waals surface area contributed by atoms with E-state index in [0.717, 1.165) is 35.4 Å². The number of hydrogen-bond donors (Lipinski definition) is 0. The molecular formula is C14H16BrN3O. The minimum atomic E-state index is 0.640. The van der Waals surface area contributed by atoms with E-state index in [0.29, 0.717) is 11.7 Å². The van der Waals surface area contributed by atoms with Crippen LogP contribution in [0.3, 0.4) is 0 Å². The topological polar surface area (TPSA) is 42.2 Å². The van der Waals surface area contributed by atoms with Crippen LogP contribution in [0, 0.1) is 5.92 Å². The van der Waals surface area contributed by atoms with Gasteiger partial charge in [0.05, 0.1) is 0 Å². The molecule has 1 aliphatic rings. The van der Waals surface area contributed by atoms with Crippen molar-refractivity contribution >= 4 is 15.9 Å². The van der Waals surface area contributed by atoms with Gasteiger partial charge in [-0.25, -0.2) is 0 Å². The van der Waals surface area contributed by atoms with Crippen LogP contribution in [-0.4, -0.2) is 35.2 Å². The number of nitrogens with zero attached hydrogens (tertiary/aromatic N) is 3. The van der Waals surface area contributed by atoms with Gasteiger partial charge in [0, 0.05) is 23.0 Å². The molecule has 0 N–H and O–H groups in total. The van der Waals surface area contributed by atoms with Gasteiger partial charge in [0.15, 0.2) is 0 Å². The van der Waals surface area contributed by atoms with Gasteiger partial charge in [-0.3, -0.25) is 0 Å². The average molecular weight is 322 g/mol. The number of hydrogen-bond acceptors (Lipinski definition) is 4. The van der Waals surface area contributed by atoms with Crippen molar-refractivity contribution in [2.45, 2.75) is 12.8 Å². The average Bonchev–Trinajstić information content (AvgIpc) is 2.99. The van der Waals surface area contributed by atoms with E-state index in [9.17, 15) is 0 Å². The standard InChI is InChI=1S/C14H16BrN3O/c1-18-6-5-10(9-18)7-13-16-14(17-19-13)11-3-2-4-12(15)8-11/h2-4,8,10H,5-7,9H2,1H3.